The molecule has 19 heavy (non-hydrogen) atoms. The third-order valence-electron chi connectivity index (χ3n) is 2.85. The van der Waals surface area contributed by atoms with Crippen LogP contribution in [0.1, 0.15) is 31.9 Å². The van der Waals surface area contributed by atoms with E-state index >= 15 is 0 Å². The highest BCUT2D eigenvalue weighted by molar-refractivity contribution is 9.10. The quantitative estimate of drug-likeness (QED) is 0.932. The maximum Gasteiger partial charge on any atom is 0.0949 e. The van der Waals surface area contributed by atoms with Gasteiger partial charge in [0.1, 0.15) is 0 Å². The van der Waals surface area contributed by atoms with E-state index < -0.39 is 0 Å². The van der Waals surface area contributed by atoms with Crippen LogP contribution in [0.15, 0.2) is 41.4 Å². The number of hydrogen-bond donors (Lipinski definition) is 1. The molecule has 0 amide bonds. The highest BCUT2D eigenvalue weighted by atomic mass is 79.9. The molecule has 1 aromatic carbocycles. The van der Waals surface area contributed by atoms with Crippen LogP contribution in [-0.2, 0) is 13.1 Å². The van der Waals surface area contributed by atoms with Crippen molar-refractivity contribution in [1.82, 2.24) is 14.9 Å². The fourth-order valence-corrected chi connectivity index (χ4v) is 2.32. The fourth-order valence-electron chi connectivity index (χ4n) is 1.77. The average molecular weight is 322 g/mol. The summed E-state index contributed by atoms with van der Waals surface area (Å²) in [6.45, 7) is 8.25. The molecular weight excluding hydrogens is 302 g/mol. The number of nitrogens with zero attached hydrogens (tertiary/aromatic N) is 2. The monoisotopic (exact) mass is 321 g/mol. The van der Waals surface area contributed by atoms with Gasteiger partial charge in [0, 0.05) is 35.5 Å². The summed E-state index contributed by atoms with van der Waals surface area (Å²) in [5, 5.41) is 3.49. The van der Waals surface area contributed by atoms with Crippen LogP contribution in [0.25, 0.3) is 0 Å². The van der Waals surface area contributed by atoms with Crippen LogP contribution in [-0.4, -0.2) is 15.1 Å². The predicted octanol–water partition coefficient (Wildman–Crippen LogP) is 3.58. The van der Waals surface area contributed by atoms with E-state index in [1.807, 2.05) is 12.5 Å². The molecule has 1 heterocycles. The van der Waals surface area contributed by atoms with Crippen LogP contribution in [0.2, 0.25) is 0 Å². The molecule has 0 spiro atoms. The van der Waals surface area contributed by atoms with E-state index in [0.717, 1.165) is 17.6 Å². The Kier molecular flexibility index (Phi) is 4.42. The first-order valence-electron chi connectivity index (χ1n) is 6.42. The zero-order valence-corrected chi connectivity index (χ0v) is 13.2. The zero-order valence-electron chi connectivity index (χ0n) is 11.7. The van der Waals surface area contributed by atoms with Gasteiger partial charge in [0.2, 0.25) is 0 Å². The lowest BCUT2D eigenvalue weighted by Gasteiger charge is -2.20. The molecule has 0 saturated carbocycles. The fraction of sp³-hybridized carbons (Fsp3) is 0.400. The third-order valence-corrected chi connectivity index (χ3v) is 3.59. The Labute approximate surface area is 123 Å². The summed E-state index contributed by atoms with van der Waals surface area (Å²) in [6, 6.07) is 6.53. The molecule has 2 rings (SSSR count). The van der Waals surface area contributed by atoms with E-state index in [0.29, 0.717) is 0 Å². The second-order valence-corrected chi connectivity index (χ2v) is 6.62. The Morgan fingerprint density at radius 2 is 2.11 bits per heavy atom. The first-order valence-corrected chi connectivity index (χ1v) is 7.21. The number of halogens is 1. The molecule has 0 unspecified atom stereocenters. The first kappa shape index (κ1) is 14.3. The molecular formula is C15H20BrN3. The summed E-state index contributed by atoms with van der Waals surface area (Å²) >= 11 is 3.65. The van der Waals surface area contributed by atoms with Gasteiger partial charge in [-0.05, 0) is 38.0 Å². The van der Waals surface area contributed by atoms with Gasteiger partial charge in [0.15, 0.2) is 0 Å². The van der Waals surface area contributed by atoms with Crippen LogP contribution in [0.4, 0.5) is 0 Å². The second-order valence-electron chi connectivity index (χ2n) is 5.76. The Bertz CT molecular complexity index is 527. The van der Waals surface area contributed by atoms with Crippen LogP contribution < -0.4 is 5.32 Å². The third kappa shape index (κ3) is 4.48. The van der Waals surface area contributed by atoms with E-state index in [1.54, 1.807) is 6.20 Å². The molecule has 1 aromatic heterocycles. The summed E-state index contributed by atoms with van der Waals surface area (Å²) in [7, 11) is 0. The molecule has 0 atom stereocenters. The smallest absolute Gasteiger partial charge is 0.0949 e. The Morgan fingerprint density at radius 1 is 1.32 bits per heavy atom. The van der Waals surface area contributed by atoms with E-state index in [4.69, 9.17) is 0 Å². The number of hydrogen-bond acceptors (Lipinski definition) is 2. The largest absolute Gasteiger partial charge is 0.333 e. The number of nitrogens with one attached hydrogen (secondary N) is 1. The minimum atomic E-state index is 0.141. The molecule has 0 fully saturated rings. The SMILES string of the molecule is CC(C)(C)NCc1ccc(Cn2ccnc2)c(Br)c1. The summed E-state index contributed by atoms with van der Waals surface area (Å²) in [5.41, 5.74) is 2.69. The van der Waals surface area contributed by atoms with Gasteiger partial charge in [-0.3, -0.25) is 0 Å². The van der Waals surface area contributed by atoms with Crippen LogP contribution in [0.3, 0.4) is 0 Å². The molecule has 0 radical (unpaired) electrons. The maximum absolute atomic E-state index is 4.06. The van der Waals surface area contributed by atoms with Crippen molar-refractivity contribution in [2.24, 2.45) is 0 Å². The Hall–Kier alpha value is -1.13. The lowest BCUT2D eigenvalue weighted by atomic mass is 10.1. The van der Waals surface area contributed by atoms with Crippen molar-refractivity contribution in [3.8, 4) is 0 Å². The van der Waals surface area contributed by atoms with E-state index in [9.17, 15) is 0 Å². The van der Waals surface area contributed by atoms with Crippen LogP contribution >= 0.6 is 15.9 Å². The molecule has 0 bridgehead atoms. The van der Waals surface area contributed by atoms with Gasteiger partial charge in [0.05, 0.1) is 6.33 Å². The average Bonchev–Trinajstić information content (AvgIpc) is 2.81. The van der Waals surface area contributed by atoms with E-state index in [1.165, 1.54) is 11.1 Å². The first-order chi connectivity index (χ1) is 8.94. The standard InChI is InChI=1S/C15H20BrN3/c1-15(2,3)18-9-12-4-5-13(14(16)8-12)10-19-7-6-17-11-19/h4-8,11,18H,9-10H2,1-3H3. The summed E-state index contributed by atoms with van der Waals surface area (Å²) in [5.74, 6) is 0. The van der Waals surface area contributed by atoms with Gasteiger partial charge in [-0.25, -0.2) is 4.98 Å². The molecule has 2 aromatic rings. The molecule has 0 saturated heterocycles. The summed E-state index contributed by atoms with van der Waals surface area (Å²) in [6.07, 6.45) is 5.61. The van der Waals surface area contributed by atoms with Crippen LogP contribution in [0.5, 0.6) is 0 Å². The highest BCUT2D eigenvalue weighted by Gasteiger charge is 2.09. The van der Waals surface area contributed by atoms with Crippen molar-refractivity contribution in [3.05, 3.63) is 52.5 Å². The van der Waals surface area contributed by atoms with Gasteiger partial charge in [-0.1, -0.05) is 28.1 Å². The Balaban J connectivity index is 2.05. The number of aromatic nitrogens is 2. The minimum absolute atomic E-state index is 0.141. The molecule has 3 nitrogen and oxygen atoms in total. The van der Waals surface area contributed by atoms with Crippen molar-refractivity contribution < 1.29 is 0 Å². The van der Waals surface area contributed by atoms with Gasteiger partial charge in [0.25, 0.3) is 0 Å². The minimum Gasteiger partial charge on any atom is -0.333 e. The van der Waals surface area contributed by atoms with Crippen molar-refractivity contribution in [1.29, 1.82) is 0 Å². The highest BCUT2D eigenvalue weighted by Crippen LogP contribution is 2.20. The normalized spacial score (nSPS) is 11.8. The topological polar surface area (TPSA) is 29.9 Å². The molecule has 1 N–H and O–H groups in total. The van der Waals surface area contributed by atoms with E-state index in [2.05, 4.69) is 69.8 Å². The maximum atomic E-state index is 4.06. The number of benzene rings is 1. The van der Waals surface area contributed by atoms with Gasteiger partial charge >= 0.3 is 0 Å². The van der Waals surface area contributed by atoms with Gasteiger partial charge in [-0.2, -0.15) is 0 Å². The molecule has 0 aliphatic carbocycles. The van der Waals surface area contributed by atoms with Crippen molar-refractivity contribution in [2.75, 3.05) is 0 Å². The number of imidazole rings is 1. The molecule has 102 valence electrons. The van der Waals surface area contributed by atoms with Crippen molar-refractivity contribution in [3.63, 3.8) is 0 Å². The second kappa shape index (κ2) is 5.88. The van der Waals surface area contributed by atoms with Crippen LogP contribution in [0, 0.1) is 0 Å². The van der Waals surface area contributed by atoms with Gasteiger partial charge in [-0.15, -0.1) is 0 Å². The number of rotatable bonds is 4. The van der Waals surface area contributed by atoms with Crippen molar-refractivity contribution in [2.45, 2.75) is 39.4 Å². The predicted molar refractivity (Wildman–Crippen MR) is 82.1 cm³/mol. The molecule has 0 aliphatic rings. The zero-order chi connectivity index (χ0) is 13.9. The van der Waals surface area contributed by atoms with E-state index in [-0.39, 0.29) is 5.54 Å². The summed E-state index contributed by atoms with van der Waals surface area (Å²) in [4.78, 5) is 4.06. The molecule has 0 aliphatic heterocycles. The Morgan fingerprint density at radius 3 is 2.68 bits per heavy atom. The lowest BCUT2D eigenvalue weighted by Crippen LogP contribution is -2.35. The van der Waals surface area contributed by atoms with Gasteiger partial charge < -0.3 is 9.88 Å². The van der Waals surface area contributed by atoms with Crippen molar-refractivity contribution >= 4 is 15.9 Å². The summed E-state index contributed by atoms with van der Waals surface area (Å²) < 4.78 is 3.21. The lowest BCUT2D eigenvalue weighted by molar-refractivity contribution is 0.424. The molecule has 4 heteroatoms.